The lowest BCUT2D eigenvalue weighted by atomic mass is 9.84. The van der Waals surface area contributed by atoms with E-state index in [1.165, 1.54) is 37.7 Å². The minimum atomic E-state index is -0.163. The molecular formula is C19H27N3O2. The van der Waals surface area contributed by atoms with E-state index in [2.05, 4.69) is 12.1 Å². The van der Waals surface area contributed by atoms with Gasteiger partial charge in [-0.15, -0.1) is 0 Å². The van der Waals surface area contributed by atoms with Crippen LogP contribution >= 0.6 is 0 Å². The fourth-order valence-electron chi connectivity index (χ4n) is 3.80. The third kappa shape index (κ3) is 4.08. The Kier molecular flexibility index (Phi) is 5.38. The molecule has 0 spiro atoms. The minimum Gasteiger partial charge on any atom is -0.426 e. The van der Waals surface area contributed by atoms with Crippen molar-refractivity contribution in [3.05, 3.63) is 29.8 Å². The molecule has 3 N–H and O–H groups in total. The summed E-state index contributed by atoms with van der Waals surface area (Å²) >= 11 is 0. The van der Waals surface area contributed by atoms with E-state index in [4.69, 9.17) is 15.9 Å². The molecule has 0 unspecified atom stereocenters. The van der Waals surface area contributed by atoms with E-state index in [1.807, 2.05) is 12.1 Å². The van der Waals surface area contributed by atoms with Gasteiger partial charge in [0.05, 0.1) is 5.92 Å². The second kappa shape index (κ2) is 7.69. The van der Waals surface area contributed by atoms with Crippen LogP contribution < -0.4 is 10.5 Å². The summed E-state index contributed by atoms with van der Waals surface area (Å²) < 4.78 is 5.55. The minimum absolute atomic E-state index is 0.0834. The molecule has 1 heterocycles. The summed E-state index contributed by atoms with van der Waals surface area (Å²) in [5.74, 6) is 1.12. The molecule has 0 amide bonds. The predicted molar refractivity (Wildman–Crippen MR) is 94.1 cm³/mol. The second-order valence-corrected chi connectivity index (χ2v) is 6.97. The van der Waals surface area contributed by atoms with Crippen LogP contribution in [0.3, 0.4) is 0 Å². The zero-order chi connectivity index (χ0) is 16.9. The number of rotatable bonds is 3. The SMILES string of the molecule is N=C(N)N1CCC(C(=O)Oc2ccc(C3CCCCC3)cc2)CC1. The Morgan fingerprint density at radius 2 is 1.67 bits per heavy atom. The van der Waals surface area contributed by atoms with E-state index in [1.54, 1.807) is 4.90 Å². The van der Waals surface area contributed by atoms with Gasteiger partial charge in [-0.05, 0) is 49.3 Å². The number of carbonyl (C=O) groups excluding carboxylic acids is 1. The number of nitrogens with two attached hydrogens (primary N) is 1. The molecule has 1 saturated carbocycles. The van der Waals surface area contributed by atoms with E-state index in [9.17, 15) is 4.79 Å². The highest BCUT2D eigenvalue weighted by molar-refractivity contribution is 5.77. The number of ether oxygens (including phenoxy) is 1. The highest BCUT2D eigenvalue weighted by Gasteiger charge is 2.27. The first-order chi connectivity index (χ1) is 11.6. The van der Waals surface area contributed by atoms with Crippen molar-refractivity contribution in [2.75, 3.05) is 13.1 Å². The van der Waals surface area contributed by atoms with Gasteiger partial charge < -0.3 is 15.4 Å². The van der Waals surface area contributed by atoms with Gasteiger partial charge >= 0.3 is 5.97 Å². The summed E-state index contributed by atoms with van der Waals surface area (Å²) in [5, 5.41) is 7.43. The summed E-state index contributed by atoms with van der Waals surface area (Å²) in [6, 6.07) is 8.06. The Hall–Kier alpha value is -2.04. The van der Waals surface area contributed by atoms with Crippen molar-refractivity contribution in [3.63, 3.8) is 0 Å². The molecule has 130 valence electrons. The molecule has 3 rings (SSSR count). The van der Waals surface area contributed by atoms with Gasteiger partial charge in [-0.25, -0.2) is 0 Å². The second-order valence-electron chi connectivity index (χ2n) is 6.97. The number of esters is 1. The first-order valence-corrected chi connectivity index (χ1v) is 9.04. The standard InChI is InChI=1S/C19H27N3O2/c20-19(21)22-12-10-16(11-13-22)18(23)24-17-8-6-15(7-9-17)14-4-2-1-3-5-14/h6-9,14,16H,1-5,10-13H2,(H3,20,21). The number of carbonyl (C=O) groups is 1. The van der Waals surface area contributed by atoms with Gasteiger partial charge in [0.1, 0.15) is 5.75 Å². The third-order valence-electron chi connectivity index (χ3n) is 5.34. The van der Waals surface area contributed by atoms with Crippen LogP contribution in [0.4, 0.5) is 0 Å². The van der Waals surface area contributed by atoms with Crippen LogP contribution in [0.15, 0.2) is 24.3 Å². The molecule has 0 radical (unpaired) electrons. The van der Waals surface area contributed by atoms with Crippen molar-refractivity contribution in [2.24, 2.45) is 11.7 Å². The summed E-state index contributed by atoms with van der Waals surface area (Å²) in [6.45, 7) is 1.30. The predicted octanol–water partition coefficient (Wildman–Crippen LogP) is 3.25. The maximum absolute atomic E-state index is 12.3. The van der Waals surface area contributed by atoms with E-state index >= 15 is 0 Å². The van der Waals surface area contributed by atoms with Crippen LogP contribution in [0.2, 0.25) is 0 Å². The lowest BCUT2D eigenvalue weighted by Gasteiger charge is -2.30. The molecule has 1 aliphatic heterocycles. The molecule has 0 aromatic heterocycles. The number of hydrogen-bond acceptors (Lipinski definition) is 3. The Labute approximate surface area is 143 Å². The third-order valence-corrected chi connectivity index (χ3v) is 5.34. The van der Waals surface area contributed by atoms with Gasteiger partial charge in [-0.3, -0.25) is 10.2 Å². The van der Waals surface area contributed by atoms with E-state index < -0.39 is 0 Å². The molecule has 0 atom stereocenters. The van der Waals surface area contributed by atoms with Crippen LogP contribution in [0.5, 0.6) is 5.75 Å². The van der Waals surface area contributed by atoms with Crippen LogP contribution in [-0.4, -0.2) is 29.9 Å². The lowest BCUT2D eigenvalue weighted by molar-refractivity contribution is -0.140. The molecule has 24 heavy (non-hydrogen) atoms. The van der Waals surface area contributed by atoms with Crippen molar-refractivity contribution in [3.8, 4) is 5.75 Å². The summed E-state index contributed by atoms with van der Waals surface area (Å²) in [5.41, 5.74) is 6.85. The quantitative estimate of drug-likeness (QED) is 0.386. The Morgan fingerprint density at radius 1 is 1.04 bits per heavy atom. The first-order valence-electron chi connectivity index (χ1n) is 9.04. The molecule has 5 nitrogen and oxygen atoms in total. The highest BCUT2D eigenvalue weighted by atomic mass is 16.5. The number of nitrogens with zero attached hydrogens (tertiary/aromatic N) is 1. The molecule has 5 heteroatoms. The molecule has 1 aromatic carbocycles. The molecular weight excluding hydrogens is 302 g/mol. The van der Waals surface area contributed by atoms with Crippen LogP contribution in [0.1, 0.15) is 56.4 Å². The topological polar surface area (TPSA) is 79.4 Å². The van der Waals surface area contributed by atoms with Gasteiger partial charge in [0, 0.05) is 13.1 Å². The van der Waals surface area contributed by atoms with Crippen molar-refractivity contribution < 1.29 is 9.53 Å². The van der Waals surface area contributed by atoms with Crippen LogP contribution in [0.25, 0.3) is 0 Å². The number of hydrogen-bond donors (Lipinski definition) is 2. The van der Waals surface area contributed by atoms with Gasteiger partial charge in [-0.1, -0.05) is 31.4 Å². The monoisotopic (exact) mass is 329 g/mol. The maximum atomic E-state index is 12.3. The summed E-state index contributed by atoms with van der Waals surface area (Å²) in [4.78, 5) is 14.1. The smallest absolute Gasteiger partial charge is 0.314 e. The largest absolute Gasteiger partial charge is 0.426 e. The Bertz CT molecular complexity index is 571. The first kappa shape index (κ1) is 16.8. The van der Waals surface area contributed by atoms with Crippen LogP contribution in [0, 0.1) is 11.3 Å². The molecule has 0 bridgehead atoms. The highest BCUT2D eigenvalue weighted by Crippen LogP contribution is 2.33. The Balaban J connectivity index is 1.52. The van der Waals surface area contributed by atoms with Crippen molar-refractivity contribution in [2.45, 2.75) is 50.9 Å². The maximum Gasteiger partial charge on any atom is 0.314 e. The van der Waals surface area contributed by atoms with Gasteiger partial charge in [0.15, 0.2) is 5.96 Å². The van der Waals surface area contributed by atoms with Gasteiger partial charge in [-0.2, -0.15) is 0 Å². The number of benzene rings is 1. The van der Waals surface area contributed by atoms with Gasteiger partial charge in [0.25, 0.3) is 0 Å². The van der Waals surface area contributed by atoms with E-state index in [0.29, 0.717) is 37.6 Å². The van der Waals surface area contributed by atoms with E-state index in [0.717, 1.165) is 0 Å². The average molecular weight is 329 g/mol. The number of guanidine groups is 1. The molecule has 2 fully saturated rings. The zero-order valence-corrected chi connectivity index (χ0v) is 14.2. The Morgan fingerprint density at radius 3 is 2.25 bits per heavy atom. The van der Waals surface area contributed by atoms with Crippen molar-refractivity contribution in [1.29, 1.82) is 5.41 Å². The summed E-state index contributed by atoms with van der Waals surface area (Å²) in [7, 11) is 0. The van der Waals surface area contributed by atoms with Crippen LogP contribution in [-0.2, 0) is 4.79 Å². The number of piperidine rings is 1. The summed E-state index contributed by atoms with van der Waals surface area (Å²) in [6.07, 6.45) is 7.92. The fraction of sp³-hybridized carbons (Fsp3) is 0.579. The molecule has 1 saturated heterocycles. The molecule has 2 aliphatic rings. The van der Waals surface area contributed by atoms with Gasteiger partial charge in [0.2, 0.25) is 0 Å². The average Bonchev–Trinajstić information content (AvgIpc) is 2.63. The number of likely N-dealkylation sites (tertiary alicyclic amines) is 1. The normalized spacial score (nSPS) is 19.9. The molecule has 1 aromatic rings. The molecule has 1 aliphatic carbocycles. The number of nitrogens with one attached hydrogen (secondary N) is 1. The van der Waals surface area contributed by atoms with Crippen molar-refractivity contribution >= 4 is 11.9 Å². The fourth-order valence-corrected chi connectivity index (χ4v) is 3.80. The van der Waals surface area contributed by atoms with Crippen molar-refractivity contribution in [1.82, 2.24) is 4.90 Å². The zero-order valence-electron chi connectivity index (χ0n) is 14.2. The van der Waals surface area contributed by atoms with E-state index in [-0.39, 0.29) is 17.8 Å². The lowest BCUT2D eigenvalue weighted by Crippen LogP contribution is -2.44.